The van der Waals surface area contributed by atoms with Crippen molar-refractivity contribution in [3.8, 4) is 6.07 Å². The molecule has 0 spiro atoms. The number of fused-ring (bicyclic) bond motifs is 1. The summed E-state index contributed by atoms with van der Waals surface area (Å²) in [5.74, 6) is 0. The fourth-order valence-corrected chi connectivity index (χ4v) is 3.34. The monoisotopic (exact) mass is 266 g/mol. The Morgan fingerprint density at radius 3 is 2.89 bits per heavy atom. The number of pyridine rings is 1. The molecule has 1 aliphatic rings. The Morgan fingerprint density at radius 2 is 2.11 bits per heavy atom. The second-order valence-corrected chi connectivity index (χ2v) is 5.81. The largest absolute Gasteiger partial charge is 0.244 e. The molecule has 0 fully saturated rings. The van der Waals surface area contributed by atoms with Crippen molar-refractivity contribution in [1.82, 2.24) is 4.98 Å². The highest BCUT2D eigenvalue weighted by Gasteiger charge is 2.17. The number of hydrogen-bond acceptors (Lipinski definition) is 3. The first-order valence-electron chi connectivity index (χ1n) is 6.44. The van der Waals surface area contributed by atoms with E-state index in [4.69, 9.17) is 4.98 Å². The minimum atomic E-state index is 0.703. The predicted molar refractivity (Wildman–Crippen MR) is 76.3 cm³/mol. The zero-order valence-electron chi connectivity index (χ0n) is 10.8. The van der Waals surface area contributed by atoms with Gasteiger partial charge in [-0.3, -0.25) is 0 Å². The third-order valence-electron chi connectivity index (χ3n) is 3.44. The first kappa shape index (κ1) is 12.3. The van der Waals surface area contributed by atoms with Crippen LogP contribution < -0.4 is 0 Å². The number of benzene rings is 1. The molecule has 1 heterocycles. The van der Waals surface area contributed by atoms with Gasteiger partial charge in [-0.15, -0.1) is 0 Å². The summed E-state index contributed by atoms with van der Waals surface area (Å²) in [4.78, 5) is 5.87. The lowest BCUT2D eigenvalue weighted by atomic mass is 10.2. The van der Waals surface area contributed by atoms with E-state index in [1.165, 1.54) is 21.7 Å². The van der Waals surface area contributed by atoms with Crippen LogP contribution in [-0.4, -0.2) is 4.98 Å². The summed E-state index contributed by atoms with van der Waals surface area (Å²) >= 11 is 1.60. The third-order valence-corrected chi connectivity index (χ3v) is 4.62. The molecule has 0 aliphatic heterocycles. The van der Waals surface area contributed by atoms with Crippen molar-refractivity contribution in [2.45, 2.75) is 36.1 Å². The van der Waals surface area contributed by atoms with Gasteiger partial charge in [0.2, 0.25) is 0 Å². The van der Waals surface area contributed by atoms with E-state index in [0.29, 0.717) is 5.56 Å². The van der Waals surface area contributed by atoms with Crippen LogP contribution in [0.5, 0.6) is 0 Å². The Hall–Kier alpha value is -1.79. The van der Waals surface area contributed by atoms with Crippen LogP contribution >= 0.6 is 11.8 Å². The van der Waals surface area contributed by atoms with Gasteiger partial charge in [-0.2, -0.15) is 5.26 Å². The van der Waals surface area contributed by atoms with Crippen LogP contribution in [-0.2, 0) is 12.8 Å². The molecule has 3 heteroatoms. The van der Waals surface area contributed by atoms with E-state index in [1.54, 1.807) is 11.8 Å². The molecule has 3 rings (SSSR count). The highest BCUT2D eigenvalue weighted by molar-refractivity contribution is 7.99. The number of nitrogens with zero attached hydrogens (tertiary/aromatic N) is 2. The number of aryl methyl sites for hydroxylation is 3. The topological polar surface area (TPSA) is 36.7 Å². The van der Waals surface area contributed by atoms with Crippen molar-refractivity contribution in [2.75, 3.05) is 0 Å². The zero-order valence-corrected chi connectivity index (χ0v) is 11.6. The quantitative estimate of drug-likeness (QED) is 0.827. The molecule has 2 aromatic rings. The summed E-state index contributed by atoms with van der Waals surface area (Å²) in [6.07, 6.45) is 3.26. The number of hydrogen-bond donors (Lipinski definition) is 0. The van der Waals surface area contributed by atoms with E-state index in [2.05, 4.69) is 25.1 Å². The van der Waals surface area contributed by atoms with E-state index in [-0.39, 0.29) is 0 Å². The standard InChI is InChI=1S/C16H14N2S/c1-11-5-2-3-8-15(11)19-16-13(10-17)9-12-6-4-7-14(12)18-16/h2-3,5,8-9H,4,6-7H2,1H3. The van der Waals surface area contributed by atoms with Gasteiger partial charge in [0.15, 0.2) is 0 Å². The summed E-state index contributed by atoms with van der Waals surface area (Å²) in [6, 6.07) is 12.5. The van der Waals surface area contributed by atoms with Gasteiger partial charge < -0.3 is 0 Å². The first-order valence-corrected chi connectivity index (χ1v) is 7.26. The van der Waals surface area contributed by atoms with E-state index < -0.39 is 0 Å². The van der Waals surface area contributed by atoms with Crippen molar-refractivity contribution < 1.29 is 0 Å². The predicted octanol–water partition coefficient (Wildman–Crippen LogP) is 3.90. The Kier molecular flexibility index (Phi) is 3.27. The van der Waals surface area contributed by atoms with Crippen molar-refractivity contribution in [3.05, 3.63) is 52.7 Å². The Balaban J connectivity index is 2.02. The van der Waals surface area contributed by atoms with Crippen molar-refractivity contribution >= 4 is 11.8 Å². The molecular weight excluding hydrogens is 252 g/mol. The molecule has 0 atom stereocenters. The molecule has 1 aliphatic carbocycles. The van der Waals surface area contributed by atoms with Crippen LogP contribution in [0.2, 0.25) is 0 Å². The molecule has 0 radical (unpaired) electrons. The van der Waals surface area contributed by atoms with Crippen LogP contribution in [0.15, 0.2) is 40.3 Å². The summed E-state index contributed by atoms with van der Waals surface area (Å²) < 4.78 is 0. The summed E-state index contributed by atoms with van der Waals surface area (Å²) in [6.45, 7) is 2.09. The third kappa shape index (κ3) is 2.36. The maximum absolute atomic E-state index is 9.29. The molecular formula is C16H14N2S. The minimum absolute atomic E-state index is 0.703. The minimum Gasteiger partial charge on any atom is -0.244 e. The van der Waals surface area contributed by atoms with Crippen LogP contribution in [0.25, 0.3) is 0 Å². The molecule has 0 amide bonds. The number of rotatable bonds is 2. The molecule has 1 aromatic heterocycles. The normalized spacial score (nSPS) is 13.1. The van der Waals surface area contributed by atoms with E-state index >= 15 is 0 Å². The lowest BCUT2D eigenvalue weighted by Gasteiger charge is -2.08. The maximum atomic E-state index is 9.29. The van der Waals surface area contributed by atoms with Crippen molar-refractivity contribution in [1.29, 1.82) is 5.26 Å². The smallest absolute Gasteiger partial charge is 0.119 e. The number of aromatic nitrogens is 1. The molecule has 0 unspecified atom stereocenters. The van der Waals surface area contributed by atoms with Gasteiger partial charge in [-0.1, -0.05) is 30.0 Å². The van der Waals surface area contributed by atoms with Gasteiger partial charge in [-0.25, -0.2) is 4.98 Å². The second kappa shape index (κ2) is 5.07. The van der Waals surface area contributed by atoms with E-state index in [1.807, 2.05) is 18.2 Å². The van der Waals surface area contributed by atoms with Gasteiger partial charge in [0.1, 0.15) is 11.1 Å². The molecule has 2 nitrogen and oxygen atoms in total. The van der Waals surface area contributed by atoms with E-state index in [0.717, 1.165) is 24.3 Å². The molecule has 0 N–H and O–H groups in total. The van der Waals surface area contributed by atoms with Crippen LogP contribution in [0.3, 0.4) is 0 Å². The molecule has 94 valence electrons. The van der Waals surface area contributed by atoms with Gasteiger partial charge in [0.25, 0.3) is 0 Å². The molecule has 0 saturated heterocycles. The number of nitriles is 1. The molecule has 1 aromatic carbocycles. The van der Waals surface area contributed by atoms with Crippen molar-refractivity contribution in [2.24, 2.45) is 0 Å². The Morgan fingerprint density at radius 1 is 1.26 bits per heavy atom. The highest BCUT2D eigenvalue weighted by Crippen LogP contribution is 2.33. The van der Waals surface area contributed by atoms with Crippen molar-refractivity contribution in [3.63, 3.8) is 0 Å². The summed E-state index contributed by atoms with van der Waals surface area (Å²) in [7, 11) is 0. The average molecular weight is 266 g/mol. The van der Waals surface area contributed by atoms with Crippen LogP contribution in [0, 0.1) is 18.3 Å². The SMILES string of the molecule is Cc1ccccc1Sc1nc2c(cc1C#N)CCC2. The first-order chi connectivity index (χ1) is 9.28. The summed E-state index contributed by atoms with van der Waals surface area (Å²) in [5, 5.41) is 10.1. The lowest BCUT2D eigenvalue weighted by Crippen LogP contribution is -1.95. The second-order valence-electron chi connectivity index (χ2n) is 4.78. The van der Waals surface area contributed by atoms with E-state index in [9.17, 15) is 5.26 Å². The molecule has 19 heavy (non-hydrogen) atoms. The fourth-order valence-electron chi connectivity index (χ4n) is 2.39. The molecule has 0 saturated carbocycles. The summed E-state index contributed by atoms with van der Waals surface area (Å²) in [5.41, 5.74) is 4.35. The lowest BCUT2D eigenvalue weighted by molar-refractivity contribution is 0.891. The van der Waals surface area contributed by atoms with Gasteiger partial charge in [0.05, 0.1) is 5.56 Å². The molecule has 0 bridgehead atoms. The van der Waals surface area contributed by atoms with Gasteiger partial charge in [0, 0.05) is 10.6 Å². The van der Waals surface area contributed by atoms with Crippen LogP contribution in [0.4, 0.5) is 0 Å². The average Bonchev–Trinajstić information content (AvgIpc) is 2.87. The zero-order chi connectivity index (χ0) is 13.2. The maximum Gasteiger partial charge on any atom is 0.119 e. The highest BCUT2D eigenvalue weighted by atomic mass is 32.2. The Labute approximate surface area is 117 Å². The van der Waals surface area contributed by atoms with Gasteiger partial charge in [-0.05, 0) is 49.4 Å². The fraction of sp³-hybridized carbons (Fsp3) is 0.250. The van der Waals surface area contributed by atoms with Gasteiger partial charge >= 0.3 is 0 Å². The Bertz CT molecular complexity index is 671. The van der Waals surface area contributed by atoms with Crippen LogP contribution in [0.1, 0.15) is 28.8 Å².